The summed E-state index contributed by atoms with van der Waals surface area (Å²) in [6, 6.07) is 7.18. The van der Waals surface area contributed by atoms with Crippen molar-refractivity contribution in [2.75, 3.05) is 6.54 Å². The summed E-state index contributed by atoms with van der Waals surface area (Å²) < 4.78 is 7.29. The Kier molecular flexibility index (Phi) is 4.17. The molecule has 0 atom stereocenters. The van der Waals surface area contributed by atoms with Crippen molar-refractivity contribution in [3.63, 3.8) is 0 Å². The summed E-state index contributed by atoms with van der Waals surface area (Å²) in [5.74, 6) is 2.26. The van der Waals surface area contributed by atoms with Gasteiger partial charge in [0.05, 0.1) is 0 Å². The third-order valence-corrected chi connectivity index (χ3v) is 2.70. The maximum Gasteiger partial charge on any atom is 0.188 e. The van der Waals surface area contributed by atoms with E-state index < -0.39 is 0 Å². The number of aryl methyl sites for hydroxylation is 1. The summed E-state index contributed by atoms with van der Waals surface area (Å²) in [6.07, 6.45) is 0.713. The lowest BCUT2D eigenvalue weighted by Gasteiger charge is -2.02. The van der Waals surface area contributed by atoms with Gasteiger partial charge in [-0.25, -0.2) is 4.98 Å². The zero-order chi connectivity index (χ0) is 13.0. The van der Waals surface area contributed by atoms with Crippen LogP contribution in [0, 0.1) is 0 Å². The van der Waals surface area contributed by atoms with E-state index in [2.05, 4.69) is 10.1 Å². The van der Waals surface area contributed by atoms with E-state index in [1.54, 1.807) is 16.8 Å². The van der Waals surface area contributed by atoms with Crippen LogP contribution in [0.4, 0.5) is 0 Å². The maximum atomic E-state index is 5.79. The van der Waals surface area contributed by atoms with E-state index in [0.29, 0.717) is 30.4 Å². The van der Waals surface area contributed by atoms with Gasteiger partial charge in [-0.2, -0.15) is 5.10 Å². The van der Waals surface area contributed by atoms with Gasteiger partial charge in [0.1, 0.15) is 18.2 Å². The monoisotopic (exact) mass is 266 g/mol. The molecule has 0 bridgehead atoms. The summed E-state index contributed by atoms with van der Waals surface area (Å²) in [7, 11) is 1.85. The number of rotatable bonds is 5. The average Bonchev–Trinajstić information content (AvgIpc) is 2.70. The minimum atomic E-state index is 0.333. The predicted octanol–water partition coefficient (Wildman–Crippen LogP) is 1.55. The van der Waals surface area contributed by atoms with E-state index in [9.17, 15) is 0 Å². The van der Waals surface area contributed by atoms with Crippen molar-refractivity contribution in [2.24, 2.45) is 12.8 Å². The van der Waals surface area contributed by atoms with Crippen LogP contribution in [0.5, 0.6) is 5.75 Å². The zero-order valence-electron chi connectivity index (χ0n) is 10.1. The highest BCUT2D eigenvalue weighted by Gasteiger charge is 2.06. The van der Waals surface area contributed by atoms with Gasteiger partial charge in [-0.1, -0.05) is 11.6 Å². The molecule has 0 unspecified atom stereocenters. The fourth-order valence-electron chi connectivity index (χ4n) is 1.56. The molecule has 1 aromatic carbocycles. The molecule has 5 nitrogen and oxygen atoms in total. The zero-order valence-corrected chi connectivity index (χ0v) is 10.9. The number of hydrogen-bond acceptors (Lipinski definition) is 4. The molecular weight excluding hydrogens is 252 g/mol. The Morgan fingerprint density at radius 2 is 2.06 bits per heavy atom. The van der Waals surface area contributed by atoms with Gasteiger partial charge >= 0.3 is 0 Å². The maximum absolute atomic E-state index is 5.79. The fraction of sp³-hybridized carbons (Fsp3) is 0.333. The van der Waals surface area contributed by atoms with Crippen molar-refractivity contribution >= 4 is 11.6 Å². The summed E-state index contributed by atoms with van der Waals surface area (Å²) in [4.78, 5) is 4.35. The quantitative estimate of drug-likeness (QED) is 0.892. The second-order valence-corrected chi connectivity index (χ2v) is 4.29. The molecule has 1 aromatic heterocycles. The minimum Gasteiger partial charge on any atom is -0.486 e. The third kappa shape index (κ3) is 3.21. The smallest absolute Gasteiger partial charge is 0.188 e. The Morgan fingerprint density at radius 1 is 1.33 bits per heavy atom. The Hall–Kier alpha value is -1.59. The second-order valence-electron chi connectivity index (χ2n) is 3.85. The summed E-state index contributed by atoms with van der Waals surface area (Å²) in [5.41, 5.74) is 5.49. The second kappa shape index (κ2) is 5.84. The Morgan fingerprint density at radius 3 is 2.72 bits per heavy atom. The van der Waals surface area contributed by atoms with E-state index in [1.807, 2.05) is 19.2 Å². The summed E-state index contributed by atoms with van der Waals surface area (Å²) in [6.45, 7) is 0.893. The fourth-order valence-corrected chi connectivity index (χ4v) is 1.69. The van der Waals surface area contributed by atoms with Gasteiger partial charge in [0, 0.05) is 18.5 Å². The van der Waals surface area contributed by atoms with Gasteiger partial charge < -0.3 is 10.5 Å². The lowest BCUT2D eigenvalue weighted by atomic mass is 10.3. The SMILES string of the molecule is Cn1nc(COc2ccc(Cl)cc2)nc1CCN. The number of benzene rings is 1. The Bertz CT molecular complexity index is 509. The molecule has 1 heterocycles. The number of aromatic nitrogens is 3. The van der Waals surface area contributed by atoms with E-state index in [4.69, 9.17) is 22.1 Å². The first-order valence-corrected chi connectivity index (χ1v) is 6.04. The molecule has 96 valence electrons. The largest absolute Gasteiger partial charge is 0.486 e. The molecule has 0 aliphatic carbocycles. The summed E-state index contributed by atoms with van der Waals surface area (Å²) >= 11 is 5.79. The number of hydrogen-bond donors (Lipinski definition) is 1. The molecule has 0 aliphatic rings. The number of ether oxygens (including phenoxy) is 1. The van der Waals surface area contributed by atoms with Crippen LogP contribution in [0.25, 0.3) is 0 Å². The molecule has 0 radical (unpaired) electrons. The molecule has 0 saturated carbocycles. The van der Waals surface area contributed by atoms with Gasteiger partial charge in [0.2, 0.25) is 0 Å². The lowest BCUT2D eigenvalue weighted by molar-refractivity contribution is 0.295. The first kappa shape index (κ1) is 12.9. The first-order chi connectivity index (χ1) is 8.69. The average molecular weight is 267 g/mol. The number of nitrogens with two attached hydrogens (primary N) is 1. The van der Waals surface area contributed by atoms with Gasteiger partial charge in [0.25, 0.3) is 0 Å². The van der Waals surface area contributed by atoms with Crippen molar-refractivity contribution in [1.82, 2.24) is 14.8 Å². The highest BCUT2D eigenvalue weighted by atomic mass is 35.5. The van der Waals surface area contributed by atoms with E-state index in [1.165, 1.54) is 0 Å². The van der Waals surface area contributed by atoms with Crippen molar-refractivity contribution in [2.45, 2.75) is 13.0 Å². The Balaban J connectivity index is 1.97. The molecule has 0 aliphatic heterocycles. The molecule has 2 N–H and O–H groups in total. The van der Waals surface area contributed by atoms with Gasteiger partial charge in [-0.05, 0) is 30.8 Å². The van der Waals surface area contributed by atoms with Crippen LogP contribution in [0.3, 0.4) is 0 Å². The molecular formula is C12H15ClN4O. The predicted molar refractivity (Wildman–Crippen MR) is 69.5 cm³/mol. The number of nitrogens with zero attached hydrogens (tertiary/aromatic N) is 3. The molecule has 18 heavy (non-hydrogen) atoms. The molecule has 0 saturated heterocycles. The standard InChI is InChI=1S/C12H15ClN4O/c1-17-12(6-7-14)15-11(16-17)8-18-10-4-2-9(13)3-5-10/h2-5H,6-8,14H2,1H3. The van der Waals surface area contributed by atoms with E-state index >= 15 is 0 Å². The van der Waals surface area contributed by atoms with Crippen LogP contribution in [0.15, 0.2) is 24.3 Å². The van der Waals surface area contributed by atoms with Gasteiger partial charge in [-0.15, -0.1) is 0 Å². The minimum absolute atomic E-state index is 0.333. The van der Waals surface area contributed by atoms with Crippen LogP contribution in [-0.4, -0.2) is 21.3 Å². The van der Waals surface area contributed by atoms with E-state index in [0.717, 1.165) is 11.6 Å². The van der Waals surface area contributed by atoms with Crippen LogP contribution < -0.4 is 10.5 Å². The van der Waals surface area contributed by atoms with Crippen molar-refractivity contribution < 1.29 is 4.74 Å². The first-order valence-electron chi connectivity index (χ1n) is 5.66. The molecule has 2 rings (SSSR count). The topological polar surface area (TPSA) is 66.0 Å². The lowest BCUT2D eigenvalue weighted by Crippen LogP contribution is -2.08. The van der Waals surface area contributed by atoms with Gasteiger partial charge in [0.15, 0.2) is 5.82 Å². The molecule has 0 spiro atoms. The highest BCUT2D eigenvalue weighted by molar-refractivity contribution is 6.30. The van der Waals surface area contributed by atoms with Crippen molar-refractivity contribution in [1.29, 1.82) is 0 Å². The molecule has 0 fully saturated rings. The normalized spacial score (nSPS) is 10.6. The summed E-state index contributed by atoms with van der Waals surface area (Å²) in [5, 5.41) is 4.94. The Labute approximate surface area is 111 Å². The third-order valence-electron chi connectivity index (χ3n) is 2.45. The molecule has 0 amide bonds. The van der Waals surface area contributed by atoms with E-state index in [-0.39, 0.29) is 0 Å². The van der Waals surface area contributed by atoms with Crippen LogP contribution in [-0.2, 0) is 20.1 Å². The highest BCUT2D eigenvalue weighted by Crippen LogP contribution is 2.16. The molecule has 2 aromatic rings. The van der Waals surface area contributed by atoms with Crippen LogP contribution in [0.2, 0.25) is 5.02 Å². The van der Waals surface area contributed by atoms with Gasteiger partial charge in [-0.3, -0.25) is 4.68 Å². The molecule has 6 heteroatoms. The van der Waals surface area contributed by atoms with Crippen molar-refractivity contribution in [3.05, 3.63) is 40.9 Å². The van der Waals surface area contributed by atoms with Crippen LogP contribution >= 0.6 is 11.6 Å². The van der Waals surface area contributed by atoms with Crippen molar-refractivity contribution in [3.8, 4) is 5.75 Å². The van der Waals surface area contributed by atoms with Crippen LogP contribution in [0.1, 0.15) is 11.6 Å². The number of halogens is 1.